The van der Waals surface area contributed by atoms with E-state index >= 15 is 0 Å². The first-order valence-corrected chi connectivity index (χ1v) is 7.71. The van der Waals surface area contributed by atoms with E-state index in [0.717, 1.165) is 19.4 Å². The van der Waals surface area contributed by atoms with Crippen molar-refractivity contribution in [2.24, 2.45) is 5.92 Å². The van der Waals surface area contributed by atoms with Gasteiger partial charge in [-0.15, -0.1) is 0 Å². The molecule has 0 aliphatic carbocycles. The summed E-state index contributed by atoms with van der Waals surface area (Å²) in [6.07, 6.45) is 1.89. The van der Waals surface area contributed by atoms with Gasteiger partial charge in [0.05, 0.1) is 13.2 Å². The van der Waals surface area contributed by atoms with Crippen molar-refractivity contribution in [1.29, 1.82) is 0 Å². The molecule has 1 aliphatic rings. The lowest BCUT2D eigenvalue weighted by molar-refractivity contribution is 0.175. The van der Waals surface area contributed by atoms with Gasteiger partial charge in [-0.2, -0.15) is 0 Å². The molecule has 1 atom stereocenters. The molecule has 1 saturated heterocycles. The van der Waals surface area contributed by atoms with Crippen LogP contribution < -0.4 is 5.32 Å². The second-order valence-corrected chi connectivity index (χ2v) is 6.75. The summed E-state index contributed by atoms with van der Waals surface area (Å²) in [7, 11) is -3.07. The van der Waals surface area contributed by atoms with E-state index in [9.17, 15) is 4.57 Å². The average Bonchev–Trinajstić information content (AvgIpc) is 2.68. The van der Waals surface area contributed by atoms with Gasteiger partial charge in [-0.25, -0.2) is 0 Å². The second-order valence-electron chi connectivity index (χ2n) is 4.44. The van der Waals surface area contributed by atoms with Crippen LogP contribution in [0.2, 0.25) is 0 Å². The Morgan fingerprint density at radius 2 is 1.88 bits per heavy atom. The maximum absolute atomic E-state index is 12.9. The summed E-state index contributed by atoms with van der Waals surface area (Å²) >= 11 is 0. The van der Waals surface area contributed by atoms with Crippen molar-refractivity contribution in [2.75, 3.05) is 19.8 Å². The molecule has 4 nitrogen and oxygen atoms in total. The third kappa shape index (κ3) is 2.35. The molecule has 0 radical (unpaired) electrons. The number of rotatable bonds is 6. The summed E-state index contributed by atoms with van der Waals surface area (Å²) in [5, 5.41) is 2.88. The third-order valence-electron chi connectivity index (χ3n) is 3.21. The standard InChI is InChI=1S/C11H24NO3P/c1-5-14-16(13,15-6-2)11(10(3)4)8-7-9-12-11/h10,12H,5-9H2,1-4H3. The van der Waals surface area contributed by atoms with Gasteiger partial charge in [-0.3, -0.25) is 4.57 Å². The number of hydrogen-bond acceptors (Lipinski definition) is 4. The van der Waals surface area contributed by atoms with Crippen molar-refractivity contribution in [3.8, 4) is 0 Å². The zero-order chi connectivity index (χ0) is 12.2. The van der Waals surface area contributed by atoms with Crippen LogP contribution in [0.5, 0.6) is 0 Å². The Labute approximate surface area is 98.6 Å². The Hall–Kier alpha value is 0.110. The van der Waals surface area contributed by atoms with Crippen LogP contribution in [0.25, 0.3) is 0 Å². The minimum atomic E-state index is -3.07. The molecule has 1 N–H and O–H groups in total. The molecular formula is C11H24NO3P. The van der Waals surface area contributed by atoms with Gasteiger partial charge in [0.15, 0.2) is 0 Å². The zero-order valence-corrected chi connectivity index (χ0v) is 11.7. The summed E-state index contributed by atoms with van der Waals surface area (Å²) in [6.45, 7) is 9.60. The average molecular weight is 249 g/mol. The van der Waals surface area contributed by atoms with Crippen LogP contribution in [0.15, 0.2) is 0 Å². The molecule has 1 fully saturated rings. The van der Waals surface area contributed by atoms with Gasteiger partial charge in [0.2, 0.25) is 0 Å². The quantitative estimate of drug-likeness (QED) is 0.735. The van der Waals surface area contributed by atoms with Crippen molar-refractivity contribution < 1.29 is 13.6 Å². The van der Waals surface area contributed by atoms with E-state index in [1.54, 1.807) is 0 Å². The summed E-state index contributed by atoms with van der Waals surface area (Å²) in [6, 6.07) is 0. The van der Waals surface area contributed by atoms with Crippen LogP contribution in [-0.4, -0.2) is 25.0 Å². The Morgan fingerprint density at radius 1 is 1.31 bits per heavy atom. The first-order valence-electron chi connectivity index (χ1n) is 6.16. The van der Waals surface area contributed by atoms with Gasteiger partial charge in [0.1, 0.15) is 5.28 Å². The molecule has 0 aromatic heterocycles. The molecule has 1 heterocycles. The number of hydrogen-bond donors (Lipinski definition) is 1. The van der Waals surface area contributed by atoms with Crippen molar-refractivity contribution in [2.45, 2.75) is 45.8 Å². The highest BCUT2D eigenvalue weighted by molar-refractivity contribution is 7.55. The normalized spacial score (nSPS) is 26.6. The Kier molecular flexibility index (Phi) is 4.99. The lowest BCUT2D eigenvalue weighted by atomic mass is 10.0. The van der Waals surface area contributed by atoms with Gasteiger partial charge < -0.3 is 14.4 Å². The van der Waals surface area contributed by atoms with E-state index in [1.807, 2.05) is 13.8 Å². The maximum atomic E-state index is 12.9. The molecule has 0 bridgehead atoms. The van der Waals surface area contributed by atoms with Crippen molar-refractivity contribution in [3.05, 3.63) is 0 Å². The monoisotopic (exact) mass is 249 g/mol. The Balaban J connectivity index is 3.01. The summed E-state index contributed by atoms with van der Waals surface area (Å²) in [5.74, 6) is 0.235. The molecule has 0 saturated carbocycles. The SMILES string of the molecule is CCOP(=O)(OCC)C1(C(C)C)CCCN1. The van der Waals surface area contributed by atoms with E-state index < -0.39 is 12.9 Å². The van der Waals surface area contributed by atoms with Crippen LogP contribution in [0.1, 0.15) is 40.5 Å². The predicted molar refractivity (Wildman–Crippen MR) is 65.7 cm³/mol. The van der Waals surface area contributed by atoms with E-state index in [0.29, 0.717) is 13.2 Å². The minimum Gasteiger partial charge on any atom is -0.308 e. The molecule has 0 amide bonds. The molecule has 1 aliphatic heterocycles. The van der Waals surface area contributed by atoms with Crippen molar-refractivity contribution >= 4 is 7.60 Å². The molecule has 1 unspecified atom stereocenters. The van der Waals surface area contributed by atoms with Crippen molar-refractivity contribution in [3.63, 3.8) is 0 Å². The highest BCUT2D eigenvalue weighted by Gasteiger charge is 2.54. The largest absolute Gasteiger partial charge is 0.350 e. The minimum absolute atomic E-state index is 0.235. The fourth-order valence-electron chi connectivity index (χ4n) is 2.40. The maximum Gasteiger partial charge on any atom is 0.350 e. The van der Waals surface area contributed by atoms with Crippen LogP contribution >= 0.6 is 7.60 Å². The van der Waals surface area contributed by atoms with E-state index in [2.05, 4.69) is 19.2 Å². The van der Waals surface area contributed by atoms with Crippen LogP contribution in [0.4, 0.5) is 0 Å². The van der Waals surface area contributed by atoms with E-state index in [-0.39, 0.29) is 5.92 Å². The summed E-state index contributed by atoms with van der Waals surface area (Å²) in [4.78, 5) is 0. The Morgan fingerprint density at radius 3 is 2.19 bits per heavy atom. The first kappa shape index (κ1) is 14.2. The molecule has 0 spiro atoms. The summed E-state index contributed by atoms with van der Waals surface area (Å²) in [5.41, 5.74) is 0. The van der Waals surface area contributed by atoms with Crippen LogP contribution in [0, 0.1) is 5.92 Å². The topological polar surface area (TPSA) is 47.6 Å². The van der Waals surface area contributed by atoms with Crippen molar-refractivity contribution in [1.82, 2.24) is 5.32 Å². The number of nitrogens with one attached hydrogen (secondary N) is 1. The molecule has 16 heavy (non-hydrogen) atoms. The van der Waals surface area contributed by atoms with Crippen LogP contribution in [-0.2, 0) is 13.6 Å². The zero-order valence-electron chi connectivity index (χ0n) is 10.8. The smallest absolute Gasteiger partial charge is 0.308 e. The van der Waals surface area contributed by atoms with Gasteiger partial charge in [0, 0.05) is 0 Å². The van der Waals surface area contributed by atoms with Gasteiger partial charge >= 0.3 is 7.60 Å². The molecular weight excluding hydrogens is 225 g/mol. The lowest BCUT2D eigenvalue weighted by Crippen LogP contribution is -2.45. The van der Waals surface area contributed by atoms with Gasteiger partial charge in [-0.05, 0) is 39.2 Å². The molecule has 5 heteroatoms. The highest BCUT2D eigenvalue weighted by atomic mass is 31.2. The van der Waals surface area contributed by atoms with E-state index in [4.69, 9.17) is 9.05 Å². The predicted octanol–water partition coefficient (Wildman–Crippen LogP) is 2.99. The van der Waals surface area contributed by atoms with Crippen LogP contribution in [0.3, 0.4) is 0 Å². The van der Waals surface area contributed by atoms with E-state index in [1.165, 1.54) is 0 Å². The molecule has 0 aromatic carbocycles. The summed E-state index contributed by atoms with van der Waals surface area (Å²) < 4.78 is 23.9. The fourth-order valence-corrected chi connectivity index (χ4v) is 4.99. The fraction of sp³-hybridized carbons (Fsp3) is 1.00. The highest BCUT2D eigenvalue weighted by Crippen LogP contribution is 2.64. The second kappa shape index (κ2) is 5.63. The molecule has 0 aromatic rings. The lowest BCUT2D eigenvalue weighted by Gasteiger charge is -2.39. The molecule has 96 valence electrons. The third-order valence-corrected chi connectivity index (χ3v) is 6.28. The first-order chi connectivity index (χ1) is 7.52. The van der Waals surface area contributed by atoms with Gasteiger partial charge in [-0.1, -0.05) is 13.8 Å². The Bertz CT molecular complexity index is 252. The van der Waals surface area contributed by atoms with Gasteiger partial charge in [0.25, 0.3) is 0 Å². The molecule has 1 rings (SSSR count).